The molecule has 0 radical (unpaired) electrons. The second-order valence-electron chi connectivity index (χ2n) is 5.77. The van der Waals surface area contributed by atoms with Crippen LogP contribution in [-0.4, -0.2) is 85.6 Å². The van der Waals surface area contributed by atoms with Crippen LogP contribution in [0.25, 0.3) is 0 Å². The number of carbonyl (C=O) groups excluding carboxylic acids is 1. The molecule has 2 heterocycles. The molecule has 1 N–H and O–H groups in total. The van der Waals surface area contributed by atoms with E-state index in [2.05, 4.69) is 25.3 Å². The maximum absolute atomic E-state index is 11.6. The second kappa shape index (κ2) is 10.5. The van der Waals surface area contributed by atoms with Crippen LogP contribution in [0.15, 0.2) is 21.8 Å². The van der Waals surface area contributed by atoms with E-state index in [-0.39, 0.29) is 29.9 Å². The smallest absolute Gasteiger partial charge is 0.223 e. The number of carbonyl (C=O) groups is 1. The zero-order chi connectivity index (χ0) is 16.7. The molecule has 0 aromatic carbocycles. The number of nitrogens with one attached hydrogen (secondary N) is 1. The van der Waals surface area contributed by atoms with Gasteiger partial charge in [0, 0.05) is 72.9 Å². The number of hydrogen-bond acceptors (Lipinski definition) is 5. The number of piperazine rings is 1. The van der Waals surface area contributed by atoms with Crippen molar-refractivity contribution in [2.75, 3.05) is 53.9 Å². The van der Waals surface area contributed by atoms with E-state index in [1.807, 2.05) is 6.07 Å². The normalized spacial score (nSPS) is 15.8. The molecule has 8 nitrogen and oxygen atoms in total. The molecule has 1 aromatic rings. The molecule has 0 unspecified atom stereocenters. The van der Waals surface area contributed by atoms with Crippen LogP contribution in [0.1, 0.15) is 12.1 Å². The average molecular weight is 450 g/mol. The molecule has 1 amide bonds. The molecule has 136 valence electrons. The highest BCUT2D eigenvalue weighted by molar-refractivity contribution is 14.0. The number of aliphatic imine (C=N–C) groups is 1. The predicted molar refractivity (Wildman–Crippen MR) is 103 cm³/mol. The highest BCUT2D eigenvalue weighted by Gasteiger charge is 2.20. The van der Waals surface area contributed by atoms with Crippen molar-refractivity contribution in [1.82, 2.24) is 25.2 Å². The van der Waals surface area contributed by atoms with Gasteiger partial charge in [-0.2, -0.15) is 0 Å². The molecule has 0 bridgehead atoms. The largest absolute Gasteiger partial charge is 0.364 e. The molecular weight excluding hydrogens is 423 g/mol. The van der Waals surface area contributed by atoms with Crippen LogP contribution in [0, 0.1) is 0 Å². The van der Waals surface area contributed by atoms with Gasteiger partial charge in [-0.05, 0) is 0 Å². The van der Waals surface area contributed by atoms with Crippen LogP contribution in [0.4, 0.5) is 0 Å². The van der Waals surface area contributed by atoms with Crippen LogP contribution in [0.2, 0.25) is 0 Å². The summed E-state index contributed by atoms with van der Waals surface area (Å²) in [5.74, 6) is 0.975. The van der Waals surface area contributed by atoms with Crippen LogP contribution in [0.5, 0.6) is 0 Å². The molecule has 1 aliphatic heterocycles. The summed E-state index contributed by atoms with van der Waals surface area (Å²) in [6, 6.07) is 1.90. The molecule has 0 saturated carbocycles. The number of amides is 1. The predicted octanol–water partition coefficient (Wildman–Crippen LogP) is 0.464. The lowest BCUT2D eigenvalue weighted by atomic mass is 10.3. The topological polar surface area (TPSA) is 77.2 Å². The van der Waals surface area contributed by atoms with E-state index in [4.69, 9.17) is 4.52 Å². The Kier molecular flexibility index (Phi) is 9.04. The first kappa shape index (κ1) is 20.7. The first-order valence-corrected chi connectivity index (χ1v) is 7.87. The van der Waals surface area contributed by atoms with Gasteiger partial charge in [0.25, 0.3) is 0 Å². The zero-order valence-corrected chi connectivity index (χ0v) is 16.9. The molecule has 0 atom stereocenters. The number of halogens is 1. The second-order valence-corrected chi connectivity index (χ2v) is 5.77. The Hall–Kier alpha value is -1.36. The van der Waals surface area contributed by atoms with Gasteiger partial charge in [-0.1, -0.05) is 5.16 Å². The summed E-state index contributed by atoms with van der Waals surface area (Å²) >= 11 is 0. The fourth-order valence-electron chi connectivity index (χ4n) is 2.50. The van der Waals surface area contributed by atoms with E-state index in [0.29, 0.717) is 13.0 Å². The van der Waals surface area contributed by atoms with Gasteiger partial charge < -0.3 is 19.6 Å². The highest BCUT2D eigenvalue weighted by atomic mass is 127. The number of nitrogens with zero attached hydrogens (tertiary/aromatic N) is 5. The van der Waals surface area contributed by atoms with Gasteiger partial charge in [-0.15, -0.1) is 24.0 Å². The van der Waals surface area contributed by atoms with Crippen molar-refractivity contribution in [1.29, 1.82) is 0 Å². The SMILES string of the molecule is CN=C(NCCC(=O)N(C)C)N1CCN(Cc2ccon2)CC1.I. The molecule has 1 aliphatic rings. The monoisotopic (exact) mass is 450 g/mol. The quantitative estimate of drug-likeness (QED) is 0.399. The number of aromatic nitrogens is 1. The highest BCUT2D eigenvalue weighted by Crippen LogP contribution is 2.07. The fraction of sp³-hybridized carbons (Fsp3) is 0.667. The minimum atomic E-state index is 0. The van der Waals surface area contributed by atoms with Gasteiger partial charge in [0.15, 0.2) is 5.96 Å². The average Bonchev–Trinajstić information content (AvgIpc) is 3.05. The van der Waals surface area contributed by atoms with Gasteiger partial charge in [-0.3, -0.25) is 14.7 Å². The first-order chi connectivity index (χ1) is 11.1. The third-order valence-electron chi connectivity index (χ3n) is 3.88. The van der Waals surface area contributed by atoms with Crippen LogP contribution >= 0.6 is 24.0 Å². The van der Waals surface area contributed by atoms with Crippen LogP contribution in [0.3, 0.4) is 0 Å². The van der Waals surface area contributed by atoms with Crippen molar-refractivity contribution in [3.05, 3.63) is 18.0 Å². The number of guanidine groups is 1. The van der Waals surface area contributed by atoms with Crippen molar-refractivity contribution in [2.24, 2.45) is 4.99 Å². The maximum Gasteiger partial charge on any atom is 0.223 e. The summed E-state index contributed by atoms with van der Waals surface area (Å²) in [6.45, 7) is 5.11. The lowest BCUT2D eigenvalue weighted by Crippen LogP contribution is -2.52. The number of rotatable bonds is 5. The van der Waals surface area contributed by atoms with E-state index in [1.54, 1.807) is 32.3 Å². The van der Waals surface area contributed by atoms with E-state index in [1.165, 1.54) is 0 Å². The third kappa shape index (κ3) is 6.27. The fourth-order valence-corrected chi connectivity index (χ4v) is 2.50. The van der Waals surface area contributed by atoms with Crippen LogP contribution in [-0.2, 0) is 11.3 Å². The maximum atomic E-state index is 11.6. The van der Waals surface area contributed by atoms with E-state index in [9.17, 15) is 4.79 Å². The van der Waals surface area contributed by atoms with Gasteiger partial charge in [0.2, 0.25) is 5.91 Å². The van der Waals surface area contributed by atoms with Crippen molar-refractivity contribution >= 4 is 35.8 Å². The summed E-state index contributed by atoms with van der Waals surface area (Å²) in [7, 11) is 5.31. The van der Waals surface area contributed by atoms with Gasteiger partial charge in [0.05, 0.1) is 5.69 Å². The minimum Gasteiger partial charge on any atom is -0.364 e. The summed E-state index contributed by atoms with van der Waals surface area (Å²) < 4.78 is 4.87. The Morgan fingerprint density at radius 3 is 2.62 bits per heavy atom. The summed E-state index contributed by atoms with van der Waals surface area (Å²) in [5.41, 5.74) is 0.961. The standard InChI is InChI=1S/C15H26N6O2.HI/c1-16-15(17-6-4-14(22)19(2)3)21-9-7-20(8-10-21)12-13-5-11-23-18-13;/h5,11H,4,6-10,12H2,1-3H3,(H,16,17);1H. The Labute approximate surface area is 160 Å². The third-order valence-corrected chi connectivity index (χ3v) is 3.88. The van der Waals surface area contributed by atoms with Gasteiger partial charge in [0.1, 0.15) is 6.26 Å². The van der Waals surface area contributed by atoms with E-state index in [0.717, 1.165) is 44.4 Å². The molecule has 1 saturated heterocycles. The molecule has 0 spiro atoms. The molecule has 0 aliphatic carbocycles. The molecular formula is C15H27IN6O2. The lowest BCUT2D eigenvalue weighted by Gasteiger charge is -2.36. The molecule has 24 heavy (non-hydrogen) atoms. The summed E-state index contributed by atoms with van der Waals surface area (Å²) in [6.07, 6.45) is 2.07. The van der Waals surface area contributed by atoms with E-state index >= 15 is 0 Å². The number of hydrogen-bond donors (Lipinski definition) is 1. The van der Waals surface area contributed by atoms with Crippen molar-refractivity contribution in [3.63, 3.8) is 0 Å². The Bertz CT molecular complexity index is 512. The lowest BCUT2D eigenvalue weighted by molar-refractivity contribution is -0.128. The van der Waals surface area contributed by atoms with Crippen molar-refractivity contribution in [2.45, 2.75) is 13.0 Å². The van der Waals surface area contributed by atoms with Crippen molar-refractivity contribution < 1.29 is 9.32 Å². The molecule has 1 aromatic heterocycles. The van der Waals surface area contributed by atoms with Gasteiger partial charge >= 0.3 is 0 Å². The Morgan fingerprint density at radius 1 is 1.38 bits per heavy atom. The van der Waals surface area contributed by atoms with E-state index < -0.39 is 0 Å². The first-order valence-electron chi connectivity index (χ1n) is 7.87. The molecule has 1 fully saturated rings. The minimum absolute atomic E-state index is 0. The summed E-state index contributed by atoms with van der Waals surface area (Å²) in [4.78, 5) is 22.1. The molecule has 2 rings (SSSR count). The van der Waals surface area contributed by atoms with Crippen LogP contribution < -0.4 is 5.32 Å². The summed E-state index contributed by atoms with van der Waals surface area (Å²) in [5, 5.41) is 7.22. The molecule has 9 heteroatoms. The van der Waals surface area contributed by atoms with Gasteiger partial charge in [-0.25, -0.2) is 0 Å². The zero-order valence-electron chi connectivity index (χ0n) is 14.6. The van der Waals surface area contributed by atoms with Crippen molar-refractivity contribution in [3.8, 4) is 0 Å². The Balaban J connectivity index is 0.00000288. The Morgan fingerprint density at radius 2 is 2.08 bits per heavy atom.